The number of amides is 2. The van der Waals surface area contributed by atoms with Crippen LogP contribution < -0.4 is 5.32 Å². The van der Waals surface area contributed by atoms with Crippen LogP contribution in [0.5, 0.6) is 0 Å². The first-order chi connectivity index (χ1) is 13.9. The van der Waals surface area contributed by atoms with E-state index in [0.29, 0.717) is 11.6 Å². The molecule has 0 spiro atoms. The van der Waals surface area contributed by atoms with Gasteiger partial charge in [-0.25, -0.2) is 0 Å². The lowest BCUT2D eigenvalue weighted by atomic mass is 10.1. The van der Waals surface area contributed by atoms with E-state index in [2.05, 4.69) is 5.32 Å². The standard InChI is InChI=1S/C24H29ClN2O2/c1-17-6-5-7-20(14-17)15-23(28)27(16-19-10-12-21(25)13-11-19)18(2)24(29)26-22-8-3-4-9-22/h5-7,10-14,18,22H,3-4,8-9,15-16H2,1-2H3,(H,26,29)/t18-/m0/s1. The molecule has 3 rings (SSSR count). The number of benzene rings is 2. The third-order valence-corrected chi connectivity index (χ3v) is 5.82. The third-order valence-electron chi connectivity index (χ3n) is 5.57. The molecular formula is C24H29ClN2O2. The normalized spacial score (nSPS) is 15.1. The van der Waals surface area contributed by atoms with Crippen molar-refractivity contribution in [1.82, 2.24) is 10.2 Å². The first-order valence-electron chi connectivity index (χ1n) is 10.3. The third kappa shape index (κ3) is 6.07. The van der Waals surface area contributed by atoms with Gasteiger partial charge in [0, 0.05) is 17.6 Å². The predicted octanol–water partition coefficient (Wildman–Crippen LogP) is 4.67. The van der Waals surface area contributed by atoms with Crippen LogP contribution >= 0.6 is 11.6 Å². The number of hydrogen-bond acceptors (Lipinski definition) is 2. The maximum absolute atomic E-state index is 13.2. The fraction of sp³-hybridized carbons (Fsp3) is 0.417. The molecule has 1 N–H and O–H groups in total. The summed E-state index contributed by atoms with van der Waals surface area (Å²) in [7, 11) is 0. The maximum atomic E-state index is 13.2. The van der Waals surface area contributed by atoms with Crippen molar-refractivity contribution >= 4 is 23.4 Å². The van der Waals surface area contributed by atoms with Gasteiger partial charge in [-0.05, 0) is 49.9 Å². The minimum absolute atomic E-state index is 0.0559. The zero-order valence-electron chi connectivity index (χ0n) is 17.2. The average Bonchev–Trinajstić information content (AvgIpc) is 3.20. The molecule has 4 nitrogen and oxygen atoms in total. The van der Waals surface area contributed by atoms with Crippen LogP contribution in [0.3, 0.4) is 0 Å². The summed E-state index contributed by atoms with van der Waals surface area (Å²) in [6, 6.07) is 15.0. The van der Waals surface area contributed by atoms with Crippen molar-refractivity contribution in [2.24, 2.45) is 0 Å². The van der Waals surface area contributed by atoms with Gasteiger partial charge in [-0.15, -0.1) is 0 Å². The second-order valence-electron chi connectivity index (χ2n) is 7.98. The Morgan fingerprint density at radius 2 is 1.79 bits per heavy atom. The summed E-state index contributed by atoms with van der Waals surface area (Å²) in [6.45, 7) is 4.20. The molecule has 5 heteroatoms. The van der Waals surface area contributed by atoms with Gasteiger partial charge in [0.1, 0.15) is 6.04 Å². The molecule has 0 aromatic heterocycles. The van der Waals surface area contributed by atoms with Gasteiger partial charge in [0.2, 0.25) is 11.8 Å². The minimum Gasteiger partial charge on any atom is -0.352 e. The predicted molar refractivity (Wildman–Crippen MR) is 117 cm³/mol. The van der Waals surface area contributed by atoms with E-state index in [0.717, 1.165) is 42.4 Å². The molecule has 0 aliphatic heterocycles. The molecule has 1 fully saturated rings. The Bertz CT molecular complexity index is 844. The molecule has 1 saturated carbocycles. The number of hydrogen-bond donors (Lipinski definition) is 1. The van der Waals surface area contributed by atoms with Crippen LogP contribution in [0.15, 0.2) is 48.5 Å². The Morgan fingerprint density at radius 1 is 1.10 bits per heavy atom. The quantitative estimate of drug-likeness (QED) is 0.718. The van der Waals surface area contributed by atoms with E-state index in [9.17, 15) is 9.59 Å². The molecule has 1 atom stereocenters. The molecular weight excluding hydrogens is 384 g/mol. The molecule has 29 heavy (non-hydrogen) atoms. The van der Waals surface area contributed by atoms with Gasteiger partial charge in [-0.3, -0.25) is 9.59 Å². The van der Waals surface area contributed by atoms with E-state index in [1.807, 2.05) is 62.4 Å². The summed E-state index contributed by atoms with van der Waals surface area (Å²) < 4.78 is 0. The number of halogens is 1. The summed E-state index contributed by atoms with van der Waals surface area (Å²) >= 11 is 6.00. The van der Waals surface area contributed by atoms with Crippen LogP contribution in [-0.2, 0) is 22.6 Å². The average molecular weight is 413 g/mol. The number of aryl methyl sites for hydroxylation is 1. The molecule has 2 aromatic rings. The lowest BCUT2D eigenvalue weighted by Gasteiger charge is -2.30. The summed E-state index contributed by atoms with van der Waals surface area (Å²) in [5, 5.41) is 3.78. The largest absolute Gasteiger partial charge is 0.352 e. The molecule has 0 bridgehead atoms. The van der Waals surface area contributed by atoms with E-state index in [-0.39, 0.29) is 24.3 Å². The second kappa shape index (κ2) is 9.93. The highest BCUT2D eigenvalue weighted by Crippen LogP contribution is 2.19. The molecule has 2 aromatic carbocycles. The van der Waals surface area contributed by atoms with Crippen molar-refractivity contribution in [3.05, 3.63) is 70.2 Å². The Hall–Kier alpha value is -2.33. The first-order valence-corrected chi connectivity index (χ1v) is 10.7. The molecule has 2 amide bonds. The van der Waals surface area contributed by atoms with Gasteiger partial charge in [0.15, 0.2) is 0 Å². The number of rotatable bonds is 7. The topological polar surface area (TPSA) is 49.4 Å². The Morgan fingerprint density at radius 3 is 2.45 bits per heavy atom. The van der Waals surface area contributed by atoms with Gasteiger partial charge in [0.25, 0.3) is 0 Å². The van der Waals surface area contributed by atoms with Gasteiger partial charge in [-0.2, -0.15) is 0 Å². The van der Waals surface area contributed by atoms with Crippen LogP contribution in [0.25, 0.3) is 0 Å². The highest BCUT2D eigenvalue weighted by Gasteiger charge is 2.28. The molecule has 154 valence electrons. The van der Waals surface area contributed by atoms with Gasteiger partial charge < -0.3 is 10.2 Å². The lowest BCUT2D eigenvalue weighted by Crippen LogP contribution is -2.50. The lowest BCUT2D eigenvalue weighted by molar-refractivity contribution is -0.140. The van der Waals surface area contributed by atoms with Crippen molar-refractivity contribution in [3.63, 3.8) is 0 Å². The Labute approximate surface area is 178 Å². The SMILES string of the molecule is Cc1cccc(CC(=O)N(Cc2ccc(Cl)cc2)[C@@H](C)C(=O)NC2CCCC2)c1. The number of nitrogens with one attached hydrogen (secondary N) is 1. The van der Waals surface area contributed by atoms with Crippen molar-refractivity contribution in [2.45, 2.75) is 64.6 Å². The first kappa shape index (κ1) is 21.4. The number of nitrogens with zero attached hydrogens (tertiary/aromatic N) is 1. The van der Waals surface area contributed by atoms with Crippen LogP contribution in [0.2, 0.25) is 5.02 Å². The van der Waals surface area contributed by atoms with Crippen molar-refractivity contribution in [3.8, 4) is 0 Å². The van der Waals surface area contributed by atoms with Crippen LogP contribution in [0.4, 0.5) is 0 Å². The van der Waals surface area contributed by atoms with Crippen LogP contribution in [-0.4, -0.2) is 28.8 Å². The maximum Gasteiger partial charge on any atom is 0.242 e. The summed E-state index contributed by atoms with van der Waals surface area (Å²) in [4.78, 5) is 27.7. The molecule has 0 saturated heterocycles. The molecule has 0 radical (unpaired) electrons. The summed E-state index contributed by atoms with van der Waals surface area (Å²) in [5.74, 6) is -0.136. The van der Waals surface area contributed by atoms with E-state index in [1.165, 1.54) is 0 Å². The zero-order valence-corrected chi connectivity index (χ0v) is 17.9. The zero-order chi connectivity index (χ0) is 20.8. The minimum atomic E-state index is -0.538. The van der Waals surface area contributed by atoms with Gasteiger partial charge in [0.05, 0.1) is 6.42 Å². The van der Waals surface area contributed by atoms with E-state index in [4.69, 9.17) is 11.6 Å². The number of carbonyl (C=O) groups excluding carboxylic acids is 2. The monoisotopic (exact) mass is 412 g/mol. The summed E-state index contributed by atoms with van der Waals surface area (Å²) in [5.41, 5.74) is 3.03. The molecule has 0 heterocycles. The highest BCUT2D eigenvalue weighted by molar-refractivity contribution is 6.30. The van der Waals surface area contributed by atoms with E-state index < -0.39 is 6.04 Å². The smallest absolute Gasteiger partial charge is 0.242 e. The van der Waals surface area contributed by atoms with E-state index >= 15 is 0 Å². The molecule has 0 unspecified atom stereocenters. The van der Waals surface area contributed by atoms with Crippen molar-refractivity contribution in [2.75, 3.05) is 0 Å². The fourth-order valence-electron chi connectivity index (χ4n) is 3.86. The van der Waals surface area contributed by atoms with Crippen LogP contribution in [0.1, 0.15) is 49.3 Å². The van der Waals surface area contributed by atoms with Gasteiger partial charge in [-0.1, -0.05) is 66.4 Å². The fourth-order valence-corrected chi connectivity index (χ4v) is 3.99. The number of carbonyl (C=O) groups is 2. The Kier molecular flexibility index (Phi) is 7.32. The Balaban J connectivity index is 1.76. The second-order valence-corrected chi connectivity index (χ2v) is 8.42. The van der Waals surface area contributed by atoms with Crippen molar-refractivity contribution < 1.29 is 9.59 Å². The molecule has 1 aliphatic rings. The molecule has 1 aliphatic carbocycles. The highest BCUT2D eigenvalue weighted by atomic mass is 35.5. The van der Waals surface area contributed by atoms with Gasteiger partial charge >= 0.3 is 0 Å². The van der Waals surface area contributed by atoms with Crippen molar-refractivity contribution in [1.29, 1.82) is 0 Å². The van der Waals surface area contributed by atoms with Crippen LogP contribution in [0, 0.1) is 6.92 Å². The van der Waals surface area contributed by atoms with E-state index in [1.54, 1.807) is 4.90 Å². The summed E-state index contributed by atoms with van der Waals surface area (Å²) in [6.07, 6.45) is 4.62.